The van der Waals surface area contributed by atoms with E-state index in [2.05, 4.69) is 25.9 Å². The summed E-state index contributed by atoms with van der Waals surface area (Å²) in [5.41, 5.74) is 0.821. The predicted molar refractivity (Wildman–Crippen MR) is 120 cm³/mol. The van der Waals surface area contributed by atoms with Gasteiger partial charge in [0, 0.05) is 11.5 Å². The second-order valence-corrected chi connectivity index (χ2v) is 7.91. The standard InChI is InChI=1S/C21H21N7O7/c29-9-23-21-25-17-16(19(33)26-21)28-10-27(8-13(28)7-22-17)12-3-1-11(2-4-12)18(32)24-14(20(34)35)5-6-15(30)31/h1-4,9-10,13-14H,5-8H2,(H5-,22,23,24,25,26,29,30,31,32,33,34,35)/t13?,14-/m0/s1. The van der Waals surface area contributed by atoms with Crippen LogP contribution in [0.15, 0.2) is 29.1 Å². The van der Waals surface area contributed by atoms with Crippen molar-refractivity contribution in [3.8, 4) is 0 Å². The summed E-state index contributed by atoms with van der Waals surface area (Å²) in [6.45, 7) is 1.04. The van der Waals surface area contributed by atoms with Crippen molar-refractivity contribution in [2.45, 2.75) is 24.9 Å². The van der Waals surface area contributed by atoms with Crippen LogP contribution in [0.1, 0.15) is 23.2 Å². The van der Waals surface area contributed by atoms with Gasteiger partial charge in [-0.1, -0.05) is 0 Å². The Morgan fingerprint density at radius 2 is 2.06 bits per heavy atom. The zero-order valence-corrected chi connectivity index (χ0v) is 18.2. The van der Waals surface area contributed by atoms with Crippen LogP contribution in [0.3, 0.4) is 0 Å². The molecule has 14 nitrogen and oxygen atoms in total. The number of nitrogens with zero attached hydrogens (tertiary/aromatic N) is 3. The summed E-state index contributed by atoms with van der Waals surface area (Å²) in [5.74, 6) is -3.02. The molecule has 1 aromatic heterocycles. The fourth-order valence-corrected chi connectivity index (χ4v) is 3.92. The van der Waals surface area contributed by atoms with Gasteiger partial charge in [0.2, 0.25) is 24.4 Å². The summed E-state index contributed by atoms with van der Waals surface area (Å²) in [4.78, 5) is 66.2. The lowest BCUT2D eigenvalue weighted by atomic mass is 10.1. The minimum atomic E-state index is -1.40. The number of aliphatic carboxylic acids is 2. The van der Waals surface area contributed by atoms with Gasteiger partial charge in [0.1, 0.15) is 18.3 Å². The van der Waals surface area contributed by atoms with Crippen LogP contribution in [0.4, 0.5) is 23.1 Å². The first-order valence-corrected chi connectivity index (χ1v) is 10.6. The lowest BCUT2D eigenvalue weighted by Gasteiger charge is -2.21. The van der Waals surface area contributed by atoms with Crippen LogP contribution in [0.25, 0.3) is 0 Å². The number of H-pyrrole nitrogens is 1. The van der Waals surface area contributed by atoms with Crippen molar-refractivity contribution in [1.82, 2.24) is 15.3 Å². The molecular formula is C21H21N7O7. The van der Waals surface area contributed by atoms with Crippen molar-refractivity contribution in [3.05, 3.63) is 40.2 Å². The van der Waals surface area contributed by atoms with E-state index < -0.39 is 35.9 Å². The van der Waals surface area contributed by atoms with E-state index in [1.54, 1.807) is 23.0 Å². The molecule has 0 radical (unpaired) electrons. The number of carboxylic acids is 2. The largest absolute Gasteiger partial charge is 0.550 e. The van der Waals surface area contributed by atoms with E-state index in [4.69, 9.17) is 0 Å². The Balaban J connectivity index is 1.50. The summed E-state index contributed by atoms with van der Waals surface area (Å²) in [5, 5.41) is 27.5. The molecule has 0 saturated heterocycles. The van der Waals surface area contributed by atoms with Gasteiger partial charge in [0.15, 0.2) is 11.9 Å². The van der Waals surface area contributed by atoms with Crippen molar-refractivity contribution >= 4 is 53.7 Å². The highest BCUT2D eigenvalue weighted by atomic mass is 16.4. The highest BCUT2D eigenvalue weighted by Crippen LogP contribution is 2.29. The Morgan fingerprint density at radius 3 is 2.71 bits per heavy atom. The number of anilines is 3. The number of benzene rings is 1. The van der Waals surface area contributed by atoms with Crippen molar-refractivity contribution in [1.29, 1.82) is 0 Å². The minimum Gasteiger partial charge on any atom is -0.550 e. The van der Waals surface area contributed by atoms with Crippen molar-refractivity contribution in [2.24, 2.45) is 0 Å². The highest BCUT2D eigenvalue weighted by molar-refractivity contribution is 5.97. The maximum atomic E-state index is 12.6. The molecule has 1 unspecified atom stereocenters. The molecular weight excluding hydrogens is 462 g/mol. The molecule has 5 N–H and O–H groups in total. The third kappa shape index (κ3) is 4.95. The van der Waals surface area contributed by atoms with Gasteiger partial charge in [-0.2, -0.15) is 4.98 Å². The zero-order valence-electron chi connectivity index (χ0n) is 18.2. The van der Waals surface area contributed by atoms with Crippen LogP contribution in [0, 0.1) is 0 Å². The molecule has 2 aliphatic heterocycles. The van der Waals surface area contributed by atoms with Crippen LogP contribution >= 0.6 is 0 Å². The normalized spacial score (nSPS) is 16.7. The maximum Gasteiger partial charge on any atom is 0.326 e. The first-order valence-electron chi connectivity index (χ1n) is 10.6. The third-order valence-electron chi connectivity index (χ3n) is 5.62. The zero-order chi connectivity index (χ0) is 25.1. The molecule has 1 aromatic carbocycles. The predicted octanol–water partition coefficient (Wildman–Crippen LogP) is -1.96. The van der Waals surface area contributed by atoms with Crippen LogP contribution in [0.5, 0.6) is 0 Å². The van der Waals surface area contributed by atoms with Gasteiger partial charge in [0.05, 0.1) is 6.54 Å². The van der Waals surface area contributed by atoms with Crippen LogP contribution in [-0.4, -0.2) is 75.4 Å². The quantitative estimate of drug-likeness (QED) is 0.197. The summed E-state index contributed by atoms with van der Waals surface area (Å²) < 4.78 is 1.79. The van der Waals surface area contributed by atoms with Gasteiger partial charge < -0.3 is 25.6 Å². The molecule has 0 aliphatic carbocycles. The van der Waals surface area contributed by atoms with Gasteiger partial charge in [-0.15, -0.1) is 0 Å². The first kappa shape index (κ1) is 23.4. The number of carbonyl (C=O) groups is 4. The van der Waals surface area contributed by atoms with E-state index in [0.29, 0.717) is 31.0 Å². The van der Waals surface area contributed by atoms with E-state index in [1.807, 2.05) is 4.90 Å². The molecule has 14 heteroatoms. The van der Waals surface area contributed by atoms with Gasteiger partial charge in [-0.3, -0.25) is 24.7 Å². The Bertz CT molecular complexity index is 1270. The lowest BCUT2D eigenvalue weighted by molar-refractivity contribution is -0.468. The topological polar surface area (TPSA) is 200 Å². The number of hydrogen-bond donors (Lipinski definition) is 5. The van der Waals surface area contributed by atoms with E-state index in [0.717, 1.165) is 5.69 Å². The maximum absolute atomic E-state index is 12.6. The number of carbonyl (C=O) groups excluding carboxylic acids is 3. The van der Waals surface area contributed by atoms with Crippen LogP contribution in [0.2, 0.25) is 0 Å². The summed E-state index contributed by atoms with van der Waals surface area (Å²) in [6, 6.07) is 4.96. The van der Waals surface area contributed by atoms with Gasteiger partial charge in [-0.05, 0) is 37.1 Å². The monoisotopic (exact) mass is 483 g/mol. The van der Waals surface area contributed by atoms with Gasteiger partial charge in [0.25, 0.3) is 5.91 Å². The number of aromatic nitrogens is 2. The number of fused-ring (bicyclic) bond motifs is 3. The van der Waals surface area contributed by atoms with Crippen molar-refractivity contribution in [2.75, 3.05) is 28.6 Å². The molecule has 2 aliphatic rings. The Hall–Kier alpha value is -4.75. The Morgan fingerprint density at radius 1 is 1.31 bits per heavy atom. The van der Waals surface area contributed by atoms with Crippen molar-refractivity contribution < 1.29 is 34.0 Å². The molecule has 182 valence electrons. The molecule has 0 fully saturated rings. The molecule has 4 rings (SSSR count). The van der Waals surface area contributed by atoms with E-state index in [-0.39, 0.29) is 24.0 Å². The SMILES string of the molecule is O=CNc1nc2c(c(=O)[nH]1)[N+]1=CN(c3ccc(C(=O)N[C@@H](CCC(=O)[O-])C(=O)O)cc3)CC1CN2. The van der Waals surface area contributed by atoms with E-state index in [9.17, 15) is 34.2 Å². The minimum absolute atomic E-state index is 0.0318. The highest BCUT2D eigenvalue weighted by Gasteiger charge is 2.39. The Kier molecular flexibility index (Phi) is 6.44. The molecule has 0 spiro atoms. The van der Waals surface area contributed by atoms with Crippen LogP contribution < -0.4 is 31.5 Å². The number of hydrogen-bond acceptors (Lipinski definition) is 9. The number of carboxylic acid groups (broad SMARTS) is 2. The number of amides is 2. The molecule has 2 atom stereocenters. The number of aromatic amines is 1. The molecule has 2 amide bonds. The number of rotatable bonds is 9. The van der Waals surface area contributed by atoms with Crippen molar-refractivity contribution in [3.63, 3.8) is 0 Å². The van der Waals surface area contributed by atoms with E-state index in [1.165, 1.54) is 12.1 Å². The fourth-order valence-electron chi connectivity index (χ4n) is 3.92. The molecule has 2 aromatic rings. The lowest BCUT2D eigenvalue weighted by Crippen LogP contribution is -2.41. The Labute approximate surface area is 197 Å². The summed E-state index contributed by atoms with van der Waals surface area (Å²) >= 11 is 0. The third-order valence-corrected chi connectivity index (χ3v) is 5.62. The average Bonchev–Trinajstić information content (AvgIpc) is 3.26. The number of nitrogens with one attached hydrogen (secondary N) is 4. The van der Waals surface area contributed by atoms with E-state index >= 15 is 0 Å². The smallest absolute Gasteiger partial charge is 0.326 e. The second-order valence-electron chi connectivity index (χ2n) is 7.91. The van der Waals surface area contributed by atoms with Crippen LogP contribution in [-0.2, 0) is 14.4 Å². The van der Waals surface area contributed by atoms with Gasteiger partial charge in [-0.25, -0.2) is 14.3 Å². The summed E-state index contributed by atoms with van der Waals surface area (Å²) in [6.07, 6.45) is 1.38. The molecule has 0 bridgehead atoms. The first-order chi connectivity index (χ1) is 16.8. The fraction of sp³-hybridized carbons (Fsp3) is 0.286. The average molecular weight is 483 g/mol. The second kappa shape index (κ2) is 9.62. The summed E-state index contributed by atoms with van der Waals surface area (Å²) in [7, 11) is 0. The molecule has 35 heavy (non-hydrogen) atoms. The van der Waals surface area contributed by atoms with Gasteiger partial charge >= 0.3 is 11.5 Å². The molecule has 0 saturated carbocycles. The molecule has 3 heterocycles.